The molecule has 0 saturated carbocycles. The van der Waals surface area contributed by atoms with Gasteiger partial charge in [0.25, 0.3) is 10.0 Å². The van der Waals surface area contributed by atoms with Crippen LogP contribution < -0.4 is 5.73 Å². The number of sulfonamides is 1. The van der Waals surface area contributed by atoms with Crippen molar-refractivity contribution in [1.29, 1.82) is 0 Å². The summed E-state index contributed by atoms with van der Waals surface area (Å²) in [5.74, 6) is -0.600. The number of hydrogen-bond donors (Lipinski definition) is 1. The molecular formula is C17H21ClN2O5S. The SMILES string of the molecule is COC(=O)c1coc(S(=O)(=O)N2C[C@@H](CN)[C@H](c3ccccc3)C2)c1.Cl. The van der Waals surface area contributed by atoms with Crippen molar-refractivity contribution in [3.8, 4) is 0 Å². The van der Waals surface area contributed by atoms with E-state index in [1.165, 1.54) is 17.5 Å². The van der Waals surface area contributed by atoms with Gasteiger partial charge in [0.05, 0.1) is 12.7 Å². The first-order chi connectivity index (χ1) is 12.0. The Labute approximate surface area is 158 Å². The molecule has 9 heteroatoms. The Morgan fingerprint density at radius 3 is 2.62 bits per heavy atom. The first-order valence-electron chi connectivity index (χ1n) is 7.89. The molecule has 1 aliphatic heterocycles. The van der Waals surface area contributed by atoms with E-state index in [4.69, 9.17) is 10.2 Å². The van der Waals surface area contributed by atoms with Gasteiger partial charge in [0.1, 0.15) is 6.26 Å². The molecule has 0 bridgehead atoms. The van der Waals surface area contributed by atoms with Crippen molar-refractivity contribution >= 4 is 28.4 Å². The Hall–Kier alpha value is -1.87. The number of hydrogen-bond acceptors (Lipinski definition) is 6. The third kappa shape index (κ3) is 3.78. The van der Waals surface area contributed by atoms with Crippen LogP contribution in [0.3, 0.4) is 0 Å². The molecular weight excluding hydrogens is 380 g/mol. The van der Waals surface area contributed by atoms with Gasteiger partial charge in [-0.25, -0.2) is 13.2 Å². The predicted molar refractivity (Wildman–Crippen MR) is 97.8 cm³/mol. The van der Waals surface area contributed by atoms with Gasteiger partial charge in [-0.2, -0.15) is 4.31 Å². The molecule has 1 aromatic carbocycles. The lowest BCUT2D eigenvalue weighted by Gasteiger charge is -2.16. The summed E-state index contributed by atoms with van der Waals surface area (Å²) >= 11 is 0. The monoisotopic (exact) mass is 400 g/mol. The van der Waals surface area contributed by atoms with Gasteiger partial charge in [-0.3, -0.25) is 0 Å². The smallest absolute Gasteiger partial charge is 0.341 e. The zero-order valence-electron chi connectivity index (χ0n) is 14.2. The van der Waals surface area contributed by atoms with Crippen molar-refractivity contribution in [3.63, 3.8) is 0 Å². The van der Waals surface area contributed by atoms with Crippen molar-refractivity contribution < 1.29 is 22.4 Å². The minimum atomic E-state index is -3.84. The van der Waals surface area contributed by atoms with Crippen molar-refractivity contribution in [1.82, 2.24) is 4.31 Å². The summed E-state index contributed by atoms with van der Waals surface area (Å²) in [6.45, 7) is 1.02. The lowest BCUT2D eigenvalue weighted by atomic mass is 9.89. The molecule has 0 unspecified atom stereocenters. The summed E-state index contributed by atoms with van der Waals surface area (Å²) in [6.07, 6.45) is 1.09. The Balaban J connectivity index is 0.00000243. The van der Waals surface area contributed by atoms with Gasteiger partial charge in [0, 0.05) is 25.1 Å². The van der Waals surface area contributed by atoms with Crippen molar-refractivity contribution in [2.45, 2.75) is 11.0 Å². The molecule has 3 rings (SSSR count). The maximum Gasteiger partial charge on any atom is 0.341 e. The van der Waals surface area contributed by atoms with E-state index in [2.05, 4.69) is 4.74 Å². The maximum atomic E-state index is 12.8. The number of benzene rings is 1. The fourth-order valence-electron chi connectivity index (χ4n) is 3.15. The normalized spacial score (nSPS) is 20.5. The lowest BCUT2D eigenvalue weighted by Crippen LogP contribution is -2.29. The first kappa shape index (κ1) is 20.4. The quantitative estimate of drug-likeness (QED) is 0.768. The van der Waals surface area contributed by atoms with Crippen LogP contribution in [0.15, 0.2) is 52.2 Å². The van der Waals surface area contributed by atoms with Gasteiger partial charge in [0.15, 0.2) is 0 Å². The van der Waals surface area contributed by atoms with Gasteiger partial charge in [-0.1, -0.05) is 30.3 Å². The van der Waals surface area contributed by atoms with E-state index in [0.717, 1.165) is 11.8 Å². The lowest BCUT2D eigenvalue weighted by molar-refractivity contribution is 0.0600. The van der Waals surface area contributed by atoms with Crippen LogP contribution in [0.2, 0.25) is 0 Å². The topological polar surface area (TPSA) is 103 Å². The molecule has 1 aliphatic rings. The number of ether oxygens (including phenoxy) is 1. The molecule has 0 radical (unpaired) electrons. The highest BCUT2D eigenvalue weighted by atomic mass is 35.5. The molecule has 26 heavy (non-hydrogen) atoms. The fraction of sp³-hybridized carbons (Fsp3) is 0.353. The number of halogens is 1. The minimum absolute atomic E-state index is 0. The largest absolute Gasteiger partial charge is 0.465 e. The third-order valence-electron chi connectivity index (χ3n) is 4.53. The second kappa shape index (κ2) is 8.22. The zero-order chi connectivity index (χ0) is 18.0. The second-order valence-electron chi connectivity index (χ2n) is 5.98. The average Bonchev–Trinajstić information content (AvgIpc) is 3.29. The number of carbonyl (C=O) groups excluding carboxylic acids is 1. The Bertz CT molecular complexity index is 853. The van der Waals surface area contributed by atoms with Gasteiger partial charge >= 0.3 is 5.97 Å². The van der Waals surface area contributed by atoms with Gasteiger partial charge in [-0.05, 0) is 18.0 Å². The summed E-state index contributed by atoms with van der Waals surface area (Å²) < 4.78 is 36.7. The Morgan fingerprint density at radius 2 is 2.00 bits per heavy atom. The molecule has 0 spiro atoms. The molecule has 2 heterocycles. The first-order valence-corrected chi connectivity index (χ1v) is 9.33. The maximum absolute atomic E-state index is 12.8. The molecule has 7 nitrogen and oxygen atoms in total. The predicted octanol–water partition coefficient (Wildman–Crippen LogP) is 1.85. The van der Waals surface area contributed by atoms with E-state index in [1.54, 1.807) is 0 Å². The number of methoxy groups -OCH3 is 1. The number of furan rings is 1. The molecule has 1 fully saturated rings. The summed E-state index contributed by atoms with van der Waals surface area (Å²) in [4.78, 5) is 11.5. The molecule has 142 valence electrons. The van der Waals surface area contributed by atoms with E-state index in [0.29, 0.717) is 19.6 Å². The van der Waals surface area contributed by atoms with Crippen LogP contribution in [-0.4, -0.2) is 45.4 Å². The highest BCUT2D eigenvalue weighted by Crippen LogP contribution is 2.35. The van der Waals surface area contributed by atoms with E-state index in [-0.39, 0.29) is 34.9 Å². The van der Waals surface area contributed by atoms with Crippen LogP contribution in [0.4, 0.5) is 0 Å². The second-order valence-corrected chi connectivity index (χ2v) is 7.85. The molecule has 0 aliphatic carbocycles. The van der Waals surface area contributed by atoms with E-state index in [9.17, 15) is 13.2 Å². The standard InChI is InChI=1S/C17H20N2O5S.ClH/c1-23-17(20)13-7-16(24-11-13)25(21,22)19-9-14(8-18)15(10-19)12-5-3-2-4-6-12;/h2-7,11,14-15H,8-10,18H2,1H3;1H/t14-,15+;/m1./s1. The number of esters is 1. The molecule has 0 amide bonds. The fourth-order valence-corrected chi connectivity index (χ4v) is 4.59. The summed E-state index contributed by atoms with van der Waals surface area (Å²) in [5, 5.41) is -0.266. The third-order valence-corrected chi connectivity index (χ3v) is 6.23. The van der Waals surface area contributed by atoms with Crippen LogP contribution in [0.1, 0.15) is 21.8 Å². The molecule has 2 aromatic rings. The Kier molecular flexibility index (Phi) is 6.46. The molecule has 2 atom stereocenters. The number of nitrogens with zero attached hydrogens (tertiary/aromatic N) is 1. The highest BCUT2D eigenvalue weighted by Gasteiger charge is 2.40. The minimum Gasteiger partial charge on any atom is -0.465 e. The number of carbonyl (C=O) groups is 1. The average molecular weight is 401 g/mol. The van der Waals surface area contributed by atoms with Crippen LogP contribution in [0, 0.1) is 5.92 Å². The number of rotatable bonds is 5. The van der Waals surface area contributed by atoms with Crippen LogP contribution >= 0.6 is 12.4 Å². The van der Waals surface area contributed by atoms with Gasteiger partial charge in [0.2, 0.25) is 5.09 Å². The highest BCUT2D eigenvalue weighted by molar-refractivity contribution is 7.89. The van der Waals surface area contributed by atoms with Crippen LogP contribution in [-0.2, 0) is 14.8 Å². The molecule has 1 saturated heterocycles. The van der Waals surface area contributed by atoms with Gasteiger partial charge < -0.3 is 14.9 Å². The van der Waals surface area contributed by atoms with Gasteiger partial charge in [-0.15, -0.1) is 12.4 Å². The zero-order valence-corrected chi connectivity index (χ0v) is 15.8. The van der Waals surface area contributed by atoms with E-state index < -0.39 is 16.0 Å². The summed E-state index contributed by atoms with van der Waals surface area (Å²) in [7, 11) is -2.62. The van der Waals surface area contributed by atoms with Crippen molar-refractivity contribution in [2.24, 2.45) is 11.7 Å². The molecule has 1 aromatic heterocycles. The van der Waals surface area contributed by atoms with Crippen molar-refractivity contribution in [3.05, 3.63) is 53.8 Å². The summed E-state index contributed by atoms with van der Waals surface area (Å²) in [6, 6.07) is 10.9. The Morgan fingerprint density at radius 1 is 1.31 bits per heavy atom. The summed E-state index contributed by atoms with van der Waals surface area (Å²) in [5.41, 5.74) is 6.99. The van der Waals surface area contributed by atoms with E-state index in [1.807, 2.05) is 30.3 Å². The van der Waals surface area contributed by atoms with Crippen molar-refractivity contribution in [2.75, 3.05) is 26.7 Å². The molecule has 2 N–H and O–H groups in total. The van der Waals surface area contributed by atoms with Crippen LogP contribution in [0.25, 0.3) is 0 Å². The number of nitrogens with two attached hydrogens (primary N) is 1. The van der Waals surface area contributed by atoms with E-state index >= 15 is 0 Å². The van der Waals surface area contributed by atoms with Crippen LogP contribution in [0.5, 0.6) is 0 Å².